The number of aryl methyl sites for hydroxylation is 2. The molecule has 0 aliphatic rings. The highest BCUT2D eigenvalue weighted by Gasteiger charge is 2.18. The lowest BCUT2D eigenvalue weighted by atomic mass is 10.1. The fraction of sp³-hybridized carbons (Fsp3) is 0.0870. The summed E-state index contributed by atoms with van der Waals surface area (Å²) in [6.45, 7) is 0.454. The van der Waals surface area contributed by atoms with Crippen LogP contribution < -0.4 is 5.56 Å². The Morgan fingerprint density at radius 2 is 1.60 bits per heavy atom. The molecule has 0 amide bonds. The summed E-state index contributed by atoms with van der Waals surface area (Å²) in [6, 6.07) is 13.5. The molecule has 0 fully saturated rings. The number of rotatable bonds is 5. The smallest absolute Gasteiger partial charge is 0.267 e. The van der Waals surface area contributed by atoms with Crippen molar-refractivity contribution in [1.29, 1.82) is 0 Å². The highest BCUT2D eigenvalue weighted by atomic mass is 32.1. The maximum absolute atomic E-state index is 13.4. The molecule has 7 heteroatoms. The predicted octanol–water partition coefficient (Wildman–Crippen LogP) is 4.22. The SMILES string of the molecule is O=c1c2c(-c3ccncc3)csc2c(-c2ccncc2)nn1CCc1ccccn1. The number of nitrogens with zero attached hydrogens (tertiary/aromatic N) is 5. The first-order valence-corrected chi connectivity index (χ1v) is 10.4. The molecular formula is C23H17N5OS. The van der Waals surface area contributed by atoms with Gasteiger partial charge in [-0.3, -0.25) is 19.7 Å². The summed E-state index contributed by atoms with van der Waals surface area (Å²) in [5, 5.41) is 7.45. The topological polar surface area (TPSA) is 73.6 Å². The number of aromatic nitrogens is 5. The van der Waals surface area contributed by atoms with Crippen LogP contribution in [0, 0.1) is 0 Å². The average molecular weight is 411 g/mol. The van der Waals surface area contributed by atoms with Crippen LogP contribution in [0.5, 0.6) is 0 Å². The molecule has 6 nitrogen and oxygen atoms in total. The van der Waals surface area contributed by atoms with Crippen molar-refractivity contribution in [3.63, 3.8) is 0 Å². The molecule has 30 heavy (non-hydrogen) atoms. The molecule has 0 saturated heterocycles. The van der Waals surface area contributed by atoms with E-state index in [0.29, 0.717) is 18.4 Å². The third-order valence-electron chi connectivity index (χ3n) is 4.93. The molecule has 0 unspecified atom stereocenters. The Kier molecular flexibility index (Phi) is 4.86. The molecular weight excluding hydrogens is 394 g/mol. The van der Waals surface area contributed by atoms with Gasteiger partial charge in [-0.2, -0.15) is 5.10 Å². The van der Waals surface area contributed by atoms with E-state index in [-0.39, 0.29) is 5.56 Å². The number of fused-ring (bicyclic) bond motifs is 1. The lowest BCUT2D eigenvalue weighted by Gasteiger charge is -2.10. The minimum Gasteiger partial charge on any atom is -0.267 e. The maximum Gasteiger partial charge on any atom is 0.276 e. The predicted molar refractivity (Wildman–Crippen MR) is 118 cm³/mol. The van der Waals surface area contributed by atoms with Crippen molar-refractivity contribution < 1.29 is 0 Å². The second-order valence-corrected chi connectivity index (χ2v) is 7.65. The van der Waals surface area contributed by atoms with E-state index >= 15 is 0 Å². The van der Waals surface area contributed by atoms with Gasteiger partial charge in [0.15, 0.2) is 0 Å². The van der Waals surface area contributed by atoms with Crippen molar-refractivity contribution in [3.8, 4) is 22.4 Å². The Morgan fingerprint density at radius 1 is 0.867 bits per heavy atom. The van der Waals surface area contributed by atoms with Gasteiger partial charge in [-0.25, -0.2) is 4.68 Å². The monoisotopic (exact) mass is 411 g/mol. The van der Waals surface area contributed by atoms with Gasteiger partial charge in [-0.05, 0) is 42.0 Å². The Bertz CT molecular complexity index is 1350. The van der Waals surface area contributed by atoms with E-state index in [1.807, 2.05) is 47.8 Å². The molecule has 0 saturated carbocycles. The largest absolute Gasteiger partial charge is 0.276 e. The Labute approximate surface area is 176 Å². The van der Waals surface area contributed by atoms with E-state index in [0.717, 1.165) is 32.8 Å². The highest BCUT2D eigenvalue weighted by molar-refractivity contribution is 7.18. The van der Waals surface area contributed by atoms with Gasteiger partial charge < -0.3 is 0 Å². The molecule has 0 N–H and O–H groups in total. The minimum atomic E-state index is -0.0909. The minimum absolute atomic E-state index is 0.0909. The Hall–Kier alpha value is -3.71. The van der Waals surface area contributed by atoms with Crippen LogP contribution in [0.2, 0.25) is 0 Å². The number of thiophene rings is 1. The molecule has 5 aromatic rings. The third-order valence-corrected chi connectivity index (χ3v) is 5.91. The van der Waals surface area contributed by atoms with E-state index in [1.54, 1.807) is 35.7 Å². The van der Waals surface area contributed by atoms with Crippen LogP contribution in [0.1, 0.15) is 5.69 Å². The van der Waals surface area contributed by atoms with Gasteiger partial charge in [-0.15, -0.1) is 11.3 Å². The zero-order valence-corrected chi connectivity index (χ0v) is 16.8. The van der Waals surface area contributed by atoms with Gasteiger partial charge in [-0.1, -0.05) is 6.07 Å². The molecule has 0 bridgehead atoms. The van der Waals surface area contributed by atoms with Crippen molar-refractivity contribution in [2.75, 3.05) is 0 Å². The van der Waals surface area contributed by atoms with Gasteiger partial charge in [0, 0.05) is 59.6 Å². The number of hydrogen-bond acceptors (Lipinski definition) is 6. The average Bonchev–Trinajstić information content (AvgIpc) is 3.26. The maximum atomic E-state index is 13.4. The number of pyridine rings is 3. The molecule has 0 radical (unpaired) electrons. The first kappa shape index (κ1) is 18.3. The van der Waals surface area contributed by atoms with E-state index < -0.39 is 0 Å². The van der Waals surface area contributed by atoms with Crippen LogP contribution in [0.25, 0.3) is 32.5 Å². The van der Waals surface area contributed by atoms with E-state index in [1.165, 1.54) is 11.3 Å². The molecule has 146 valence electrons. The molecule has 0 spiro atoms. The Morgan fingerprint density at radius 3 is 2.30 bits per heavy atom. The van der Waals surface area contributed by atoms with Crippen LogP contribution in [0.4, 0.5) is 0 Å². The Balaban J connectivity index is 1.70. The summed E-state index contributed by atoms with van der Waals surface area (Å²) in [6.07, 6.45) is 9.35. The van der Waals surface area contributed by atoms with Gasteiger partial charge in [0.2, 0.25) is 0 Å². The fourth-order valence-corrected chi connectivity index (χ4v) is 4.52. The first-order chi connectivity index (χ1) is 14.8. The number of hydrogen-bond donors (Lipinski definition) is 0. The molecule has 0 aromatic carbocycles. The molecule has 0 aliphatic heterocycles. The van der Waals surface area contributed by atoms with Crippen molar-refractivity contribution in [2.24, 2.45) is 0 Å². The van der Waals surface area contributed by atoms with Crippen LogP contribution in [0.3, 0.4) is 0 Å². The lowest BCUT2D eigenvalue weighted by Crippen LogP contribution is -2.24. The quantitative estimate of drug-likeness (QED) is 0.433. The highest BCUT2D eigenvalue weighted by Crippen LogP contribution is 2.36. The zero-order valence-electron chi connectivity index (χ0n) is 16.0. The summed E-state index contributed by atoms with van der Waals surface area (Å²) in [5.74, 6) is 0. The zero-order chi connectivity index (χ0) is 20.3. The van der Waals surface area contributed by atoms with Gasteiger partial charge >= 0.3 is 0 Å². The van der Waals surface area contributed by atoms with Crippen LogP contribution in [0.15, 0.2) is 83.6 Å². The molecule has 5 rings (SSSR count). The van der Waals surface area contributed by atoms with Crippen molar-refractivity contribution in [3.05, 3.63) is 94.9 Å². The van der Waals surface area contributed by atoms with Gasteiger partial charge in [0.1, 0.15) is 5.69 Å². The van der Waals surface area contributed by atoms with Crippen LogP contribution >= 0.6 is 11.3 Å². The second-order valence-electron chi connectivity index (χ2n) is 6.77. The summed E-state index contributed by atoms with van der Waals surface area (Å²) in [7, 11) is 0. The van der Waals surface area contributed by atoms with Crippen LogP contribution in [-0.4, -0.2) is 24.7 Å². The molecule has 5 aromatic heterocycles. The van der Waals surface area contributed by atoms with Crippen molar-refractivity contribution in [1.82, 2.24) is 24.7 Å². The summed E-state index contributed by atoms with van der Waals surface area (Å²) >= 11 is 1.54. The molecule has 0 aliphatic carbocycles. The van der Waals surface area contributed by atoms with Gasteiger partial charge in [0.05, 0.1) is 16.6 Å². The second kappa shape index (κ2) is 7.96. The summed E-state index contributed by atoms with van der Waals surface area (Å²) in [5.41, 5.74) is 4.44. The first-order valence-electron chi connectivity index (χ1n) is 9.54. The lowest BCUT2D eigenvalue weighted by molar-refractivity contribution is 0.582. The van der Waals surface area contributed by atoms with Crippen molar-refractivity contribution >= 4 is 21.4 Å². The summed E-state index contributed by atoms with van der Waals surface area (Å²) < 4.78 is 2.44. The van der Waals surface area contributed by atoms with Crippen molar-refractivity contribution in [2.45, 2.75) is 13.0 Å². The van der Waals surface area contributed by atoms with Crippen LogP contribution in [-0.2, 0) is 13.0 Å². The van der Waals surface area contributed by atoms with E-state index in [9.17, 15) is 4.79 Å². The molecule has 5 heterocycles. The van der Waals surface area contributed by atoms with E-state index in [4.69, 9.17) is 5.10 Å². The standard InChI is InChI=1S/C23H17N5OS/c29-23-20-19(16-4-10-24-11-5-16)15-30-22(20)21(17-6-12-25-13-7-17)27-28(23)14-8-18-3-1-2-9-26-18/h1-7,9-13,15H,8,14H2. The fourth-order valence-electron chi connectivity index (χ4n) is 3.45. The van der Waals surface area contributed by atoms with Gasteiger partial charge in [0.25, 0.3) is 5.56 Å². The summed E-state index contributed by atoms with van der Waals surface area (Å²) in [4.78, 5) is 26.0. The third kappa shape index (κ3) is 3.40. The van der Waals surface area contributed by atoms with E-state index in [2.05, 4.69) is 15.0 Å². The normalized spacial score (nSPS) is 11.1. The molecule has 0 atom stereocenters.